The summed E-state index contributed by atoms with van der Waals surface area (Å²) in [6.07, 6.45) is -3.43. The largest absolute Gasteiger partial charge is 0.451 e. The lowest BCUT2D eigenvalue weighted by Gasteiger charge is -2.11. The van der Waals surface area contributed by atoms with Crippen molar-refractivity contribution in [3.8, 4) is 0 Å². The fourth-order valence-corrected chi connectivity index (χ4v) is 3.07. The lowest BCUT2D eigenvalue weighted by molar-refractivity contribution is -0.144. The number of anilines is 3. The average Bonchev–Trinajstić information content (AvgIpc) is 3.11. The standard InChI is InChI=1S/C21H16F4N6O/c1-12(32)27-15-7-5-13(6-8-15)10-31-11-26-17-18(28-16-4-2-3-14(22)9-16)29-20(21(23,24)25)30-19(17)31/h2-9,11H,10H2,1H3,(H,27,32)(H,28,29,30). The molecule has 2 heterocycles. The second-order valence-electron chi connectivity index (χ2n) is 6.95. The number of aromatic nitrogens is 4. The van der Waals surface area contributed by atoms with E-state index in [9.17, 15) is 22.4 Å². The predicted octanol–water partition coefficient (Wildman–Crippen LogP) is 4.73. The van der Waals surface area contributed by atoms with Crippen molar-refractivity contribution in [3.05, 3.63) is 72.1 Å². The molecule has 0 aliphatic heterocycles. The zero-order chi connectivity index (χ0) is 22.9. The quantitative estimate of drug-likeness (QED) is 0.435. The number of fused-ring (bicyclic) bond motifs is 1. The van der Waals surface area contributed by atoms with Crippen LogP contribution in [0, 0.1) is 5.82 Å². The highest BCUT2D eigenvalue weighted by molar-refractivity contribution is 5.88. The van der Waals surface area contributed by atoms with Gasteiger partial charge in [-0.05, 0) is 35.9 Å². The SMILES string of the molecule is CC(=O)Nc1ccc(Cn2cnc3c(Nc4cccc(F)c4)nc(C(F)(F)F)nc32)cc1. The number of hydrogen-bond donors (Lipinski definition) is 2. The van der Waals surface area contributed by atoms with Crippen LogP contribution in [0.1, 0.15) is 18.3 Å². The van der Waals surface area contributed by atoms with E-state index in [0.29, 0.717) is 5.69 Å². The molecule has 164 valence electrons. The summed E-state index contributed by atoms with van der Waals surface area (Å²) in [6.45, 7) is 1.57. The molecular formula is C21H16F4N6O. The van der Waals surface area contributed by atoms with E-state index in [-0.39, 0.29) is 35.1 Å². The summed E-state index contributed by atoms with van der Waals surface area (Å²) >= 11 is 0. The first kappa shape index (κ1) is 21.2. The normalized spacial score (nSPS) is 11.5. The summed E-state index contributed by atoms with van der Waals surface area (Å²) in [5, 5.41) is 5.34. The topological polar surface area (TPSA) is 84.7 Å². The Kier molecular flexibility index (Phi) is 5.47. The van der Waals surface area contributed by atoms with Crippen molar-refractivity contribution < 1.29 is 22.4 Å². The van der Waals surface area contributed by atoms with Gasteiger partial charge in [0.1, 0.15) is 5.82 Å². The Labute approximate surface area is 179 Å². The molecule has 0 fully saturated rings. The van der Waals surface area contributed by atoms with Crippen LogP contribution >= 0.6 is 0 Å². The first-order valence-corrected chi connectivity index (χ1v) is 9.38. The van der Waals surface area contributed by atoms with Gasteiger partial charge in [0, 0.05) is 18.3 Å². The van der Waals surface area contributed by atoms with Crippen LogP contribution in [0.2, 0.25) is 0 Å². The van der Waals surface area contributed by atoms with Gasteiger partial charge in [0.2, 0.25) is 11.7 Å². The van der Waals surface area contributed by atoms with E-state index < -0.39 is 17.8 Å². The van der Waals surface area contributed by atoms with Gasteiger partial charge in [-0.3, -0.25) is 4.79 Å². The molecule has 0 atom stereocenters. The average molecular weight is 444 g/mol. The molecule has 2 aromatic heterocycles. The maximum absolute atomic E-state index is 13.5. The fraction of sp³-hybridized carbons (Fsp3) is 0.143. The van der Waals surface area contributed by atoms with Gasteiger partial charge in [0.25, 0.3) is 0 Å². The third-order valence-corrected chi connectivity index (χ3v) is 4.43. The molecular weight excluding hydrogens is 428 g/mol. The van der Waals surface area contributed by atoms with Crippen molar-refractivity contribution in [2.24, 2.45) is 0 Å². The van der Waals surface area contributed by atoms with Gasteiger partial charge in [-0.2, -0.15) is 13.2 Å². The molecule has 0 saturated carbocycles. The van der Waals surface area contributed by atoms with Crippen LogP contribution in [0.4, 0.5) is 34.8 Å². The minimum atomic E-state index is -4.79. The molecule has 0 saturated heterocycles. The summed E-state index contributed by atoms with van der Waals surface area (Å²) in [4.78, 5) is 22.6. The molecule has 2 aromatic carbocycles. The Hall–Kier alpha value is -4.02. The number of nitrogens with zero attached hydrogens (tertiary/aromatic N) is 4. The van der Waals surface area contributed by atoms with Gasteiger partial charge in [0.05, 0.1) is 12.9 Å². The molecule has 0 aliphatic rings. The number of rotatable bonds is 5. The van der Waals surface area contributed by atoms with E-state index in [1.165, 1.54) is 36.0 Å². The maximum Gasteiger partial charge on any atom is 0.451 e. The van der Waals surface area contributed by atoms with E-state index in [2.05, 4.69) is 25.6 Å². The molecule has 0 radical (unpaired) electrons. The fourth-order valence-electron chi connectivity index (χ4n) is 3.07. The highest BCUT2D eigenvalue weighted by atomic mass is 19.4. The smallest absolute Gasteiger partial charge is 0.338 e. The van der Waals surface area contributed by atoms with Crippen LogP contribution in [-0.2, 0) is 17.5 Å². The number of alkyl halides is 3. The lowest BCUT2D eigenvalue weighted by atomic mass is 10.2. The zero-order valence-corrected chi connectivity index (χ0v) is 16.6. The monoisotopic (exact) mass is 444 g/mol. The van der Waals surface area contributed by atoms with E-state index >= 15 is 0 Å². The van der Waals surface area contributed by atoms with Crippen LogP contribution in [0.5, 0.6) is 0 Å². The van der Waals surface area contributed by atoms with E-state index in [0.717, 1.165) is 11.6 Å². The minimum absolute atomic E-state index is 0.0304. The summed E-state index contributed by atoms with van der Waals surface area (Å²) in [7, 11) is 0. The highest BCUT2D eigenvalue weighted by Gasteiger charge is 2.36. The number of nitrogens with one attached hydrogen (secondary N) is 2. The van der Waals surface area contributed by atoms with E-state index in [4.69, 9.17) is 0 Å². The number of carbonyl (C=O) groups is 1. The van der Waals surface area contributed by atoms with E-state index in [1.807, 2.05) is 0 Å². The van der Waals surface area contributed by atoms with Gasteiger partial charge in [0.15, 0.2) is 17.0 Å². The Balaban J connectivity index is 1.72. The van der Waals surface area contributed by atoms with Crippen molar-refractivity contribution >= 4 is 34.3 Å². The zero-order valence-electron chi connectivity index (χ0n) is 16.6. The minimum Gasteiger partial charge on any atom is -0.338 e. The number of hydrogen-bond acceptors (Lipinski definition) is 5. The molecule has 4 aromatic rings. The number of benzene rings is 2. The van der Waals surface area contributed by atoms with Gasteiger partial charge in [-0.25, -0.2) is 19.3 Å². The van der Waals surface area contributed by atoms with Crippen molar-refractivity contribution in [2.75, 3.05) is 10.6 Å². The molecule has 0 spiro atoms. The molecule has 1 amide bonds. The predicted molar refractivity (Wildman–Crippen MR) is 110 cm³/mol. The van der Waals surface area contributed by atoms with Crippen molar-refractivity contribution in [3.63, 3.8) is 0 Å². The van der Waals surface area contributed by atoms with Crippen LogP contribution < -0.4 is 10.6 Å². The molecule has 11 heteroatoms. The van der Waals surface area contributed by atoms with Gasteiger partial charge in [-0.1, -0.05) is 18.2 Å². The van der Waals surface area contributed by atoms with Crippen molar-refractivity contribution in [2.45, 2.75) is 19.6 Å². The molecule has 0 bridgehead atoms. The van der Waals surface area contributed by atoms with Crippen molar-refractivity contribution in [1.82, 2.24) is 19.5 Å². The van der Waals surface area contributed by atoms with Gasteiger partial charge in [-0.15, -0.1) is 0 Å². The Morgan fingerprint density at radius 3 is 2.47 bits per heavy atom. The summed E-state index contributed by atoms with van der Waals surface area (Å²) < 4.78 is 55.3. The van der Waals surface area contributed by atoms with Crippen molar-refractivity contribution in [1.29, 1.82) is 0 Å². The van der Waals surface area contributed by atoms with Crippen LogP contribution in [0.3, 0.4) is 0 Å². The number of imidazole rings is 1. The lowest BCUT2D eigenvalue weighted by Crippen LogP contribution is -2.14. The third-order valence-electron chi connectivity index (χ3n) is 4.43. The van der Waals surface area contributed by atoms with Crippen LogP contribution in [0.15, 0.2) is 54.9 Å². The van der Waals surface area contributed by atoms with Gasteiger partial charge >= 0.3 is 6.18 Å². The van der Waals surface area contributed by atoms with Gasteiger partial charge < -0.3 is 15.2 Å². The summed E-state index contributed by atoms with van der Waals surface area (Å²) in [5.41, 5.74) is 1.65. The first-order chi connectivity index (χ1) is 15.2. The number of carbonyl (C=O) groups excluding carboxylic acids is 1. The number of halogens is 4. The second-order valence-corrected chi connectivity index (χ2v) is 6.95. The Bertz CT molecular complexity index is 1280. The summed E-state index contributed by atoms with van der Waals surface area (Å²) in [5.74, 6) is -2.29. The van der Waals surface area contributed by atoms with Crippen LogP contribution in [0.25, 0.3) is 11.2 Å². The first-order valence-electron chi connectivity index (χ1n) is 9.38. The molecule has 32 heavy (non-hydrogen) atoms. The molecule has 7 nitrogen and oxygen atoms in total. The third kappa shape index (κ3) is 4.66. The van der Waals surface area contributed by atoms with Crippen LogP contribution in [-0.4, -0.2) is 25.4 Å². The molecule has 2 N–H and O–H groups in total. The number of amides is 1. The molecule has 0 unspecified atom stereocenters. The van der Waals surface area contributed by atoms with E-state index in [1.54, 1.807) is 24.3 Å². The summed E-state index contributed by atoms with van der Waals surface area (Å²) in [6, 6.07) is 12.1. The Morgan fingerprint density at radius 2 is 1.81 bits per heavy atom. The molecule has 0 aliphatic carbocycles. The second kappa shape index (κ2) is 8.25. The maximum atomic E-state index is 13.5. The Morgan fingerprint density at radius 1 is 1.06 bits per heavy atom. The highest BCUT2D eigenvalue weighted by Crippen LogP contribution is 2.31. The molecule has 4 rings (SSSR count).